The van der Waals surface area contributed by atoms with Crippen molar-refractivity contribution < 1.29 is 4.74 Å². The third-order valence-corrected chi connectivity index (χ3v) is 4.06. The van der Waals surface area contributed by atoms with E-state index in [4.69, 9.17) is 4.74 Å². The van der Waals surface area contributed by atoms with Crippen molar-refractivity contribution in [3.63, 3.8) is 0 Å². The maximum Gasteiger partial charge on any atom is 0.122 e. The van der Waals surface area contributed by atoms with E-state index in [1.165, 1.54) is 24.8 Å². The summed E-state index contributed by atoms with van der Waals surface area (Å²) in [7, 11) is 3.95. The quantitative estimate of drug-likeness (QED) is 0.633. The number of benzene rings is 1. The van der Waals surface area contributed by atoms with Gasteiger partial charge in [0.25, 0.3) is 0 Å². The highest BCUT2D eigenvalue weighted by molar-refractivity contribution is 5.33. The summed E-state index contributed by atoms with van der Waals surface area (Å²) < 4.78 is 5.43. The third kappa shape index (κ3) is 6.96. The van der Waals surface area contributed by atoms with Gasteiger partial charge in [-0.3, -0.25) is 0 Å². The Labute approximate surface area is 130 Å². The predicted molar refractivity (Wildman–Crippen MR) is 91.2 cm³/mol. The minimum Gasteiger partial charge on any atom is -0.496 e. The Bertz CT molecular complexity index is 381. The Hall–Kier alpha value is -1.06. The summed E-state index contributed by atoms with van der Waals surface area (Å²) in [6.45, 7) is 7.82. The SMILES string of the molecule is CCCCCNCCN(C)C(C)Cc1ccccc1OC. The number of unbranched alkanes of at least 4 members (excludes halogenated alkanes) is 2. The van der Waals surface area contributed by atoms with Crippen LogP contribution in [0.1, 0.15) is 38.7 Å². The number of likely N-dealkylation sites (N-methyl/N-ethyl adjacent to an activating group) is 1. The monoisotopic (exact) mass is 292 g/mol. The summed E-state index contributed by atoms with van der Waals surface area (Å²) in [5.74, 6) is 0.996. The first-order valence-electron chi connectivity index (χ1n) is 8.21. The third-order valence-electron chi connectivity index (χ3n) is 4.06. The van der Waals surface area contributed by atoms with Crippen LogP contribution in [0.4, 0.5) is 0 Å². The van der Waals surface area contributed by atoms with Crippen LogP contribution in [0.5, 0.6) is 5.75 Å². The molecule has 3 nitrogen and oxygen atoms in total. The number of nitrogens with one attached hydrogen (secondary N) is 1. The second kappa shape index (κ2) is 10.6. The Balaban J connectivity index is 2.29. The number of methoxy groups -OCH3 is 1. The van der Waals surface area contributed by atoms with Gasteiger partial charge in [0, 0.05) is 19.1 Å². The zero-order valence-corrected chi connectivity index (χ0v) is 14.2. The summed E-state index contributed by atoms with van der Waals surface area (Å²) >= 11 is 0. The molecule has 120 valence electrons. The average molecular weight is 292 g/mol. The molecule has 1 aromatic rings. The molecule has 0 heterocycles. The lowest BCUT2D eigenvalue weighted by Crippen LogP contribution is -2.36. The largest absolute Gasteiger partial charge is 0.496 e. The summed E-state index contributed by atoms with van der Waals surface area (Å²) in [6.07, 6.45) is 4.93. The van der Waals surface area contributed by atoms with Crippen LogP contribution in [0, 0.1) is 0 Å². The van der Waals surface area contributed by atoms with Gasteiger partial charge in [0.05, 0.1) is 7.11 Å². The molecule has 1 aromatic carbocycles. The standard InChI is InChI=1S/C18H32N2O/c1-5-6-9-12-19-13-14-20(3)16(2)15-17-10-7-8-11-18(17)21-4/h7-8,10-11,16,19H,5-6,9,12-15H2,1-4H3. The van der Waals surface area contributed by atoms with Crippen molar-refractivity contribution in [1.29, 1.82) is 0 Å². The fourth-order valence-electron chi connectivity index (χ4n) is 2.45. The Morgan fingerprint density at radius 2 is 1.95 bits per heavy atom. The summed E-state index contributed by atoms with van der Waals surface area (Å²) in [4.78, 5) is 2.42. The molecule has 0 fully saturated rings. The van der Waals surface area contributed by atoms with Crippen molar-refractivity contribution in [1.82, 2.24) is 10.2 Å². The molecule has 0 bridgehead atoms. The molecule has 0 saturated carbocycles. The van der Waals surface area contributed by atoms with Gasteiger partial charge in [-0.05, 0) is 45.0 Å². The lowest BCUT2D eigenvalue weighted by molar-refractivity contribution is 0.254. The smallest absolute Gasteiger partial charge is 0.122 e. The molecule has 1 atom stereocenters. The van der Waals surface area contributed by atoms with Gasteiger partial charge in [-0.1, -0.05) is 38.0 Å². The van der Waals surface area contributed by atoms with Gasteiger partial charge in [-0.15, -0.1) is 0 Å². The van der Waals surface area contributed by atoms with Crippen LogP contribution in [0.3, 0.4) is 0 Å². The highest BCUT2D eigenvalue weighted by atomic mass is 16.5. The molecule has 21 heavy (non-hydrogen) atoms. The first-order valence-corrected chi connectivity index (χ1v) is 8.21. The maximum atomic E-state index is 5.43. The Morgan fingerprint density at radius 3 is 2.67 bits per heavy atom. The molecular weight excluding hydrogens is 260 g/mol. The van der Waals surface area contributed by atoms with Crippen LogP contribution in [0.2, 0.25) is 0 Å². The van der Waals surface area contributed by atoms with Gasteiger partial charge in [0.1, 0.15) is 5.75 Å². The zero-order chi connectivity index (χ0) is 15.5. The van der Waals surface area contributed by atoms with E-state index in [1.54, 1.807) is 7.11 Å². The van der Waals surface area contributed by atoms with E-state index in [0.717, 1.165) is 31.8 Å². The molecule has 0 aliphatic heterocycles. The van der Waals surface area contributed by atoms with Gasteiger partial charge in [0.2, 0.25) is 0 Å². The van der Waals surface area contributed by atoms with Gasteiger partial charge in [-0.25, -0.2) is 0 Å². The van der Waals surface area contributed by atoms with Crippen LogP contribution in [0.15, 0.2) is 24.3 Å². The second-order valence-corrected chi connectivity index (χ2v) is 5.80. The molecule has 3 heteroatoms. The Morgan fingerprint density at radius 1 is 1.19 bits per heavy atom. The van der Waals surface area contributed by atoms with Gasteiger partial charge >= 0.3 is 0 Å². The molecule has 0 spiro atoms. The van der Waals surface area contributed by atoms with E-state index in [1.807, 2.05) is 12.1 Å². The minimum atomic E-state index is 0.513. The van der Waals surface area contributed by atoms with Crippen molar-refractivity contribution in [2.45, 2.75) is 45.6 Å². The summed E-state index contributed by atoms with van der Waals surface area (Å²) in [5, 5.41) is 3.53. The van der Waals surface area contributed by atoms with Crippen molar-refractivity contribution >= 4 is 0 Å². The molecule has 0 aliphatic rings. The average Bonchev–Trinajstić information content (AvgIpc) is 2.51. The highest BCUT2D eigenvalue weighted by Gasteiger charge is 2.12. The van der Waals surface area contributed by atoms with E-state index < -0.39 is 0 Å². The number of ether oxygens (including phenoxy) is 1. The second-order valence-electron chi connectivity index (χ2n) is 5.80. The molecule has 1 rings (SSSR count). The number of nitrogens with zero attached hydrogens (tertiary/aromatic N) is 1. The van der Waals surface area contributed by atoms with Crippen LogP contribution in [-0.4, -0.2) is 44.7 Å². The van der Waals surface area contributed by atoms with Gasteiger partial charge in [0.15, 0.2) is 0 Å². The minimum absolute atomic E-state index is 0.513. The first kappa shape index (κ1) is 18.0. The van der Waals surface area contributed by atoms with Crippen molar-refractivity contribution in [2.24, 2.45) is 0 Å². The van der Waals surface area contributed by atoms with Crippen molar-refractivity contribution in [2.75, 3.05) is 33.8 Å². The summed E-state index contributed by atoms with van der Waals surface area (Å²) in [6, 6.07) is 8.82. The number of hydrogen-bond donors (Lipinski definition) is 1. The first-order chi connectivity index (χ1) is 10.2. The fourth-order valence-corrected chi connectivity index (χ4v) is 2.45. The molecular formula is C18H32N2O. The maximum absolute atomic E-state index is 5.43. The number of para-hydroxylation sites is 1. The van der Waals surface area contributed by atoms with E-state index in [0.29, 0.717) is 6.04 Å². The molecule has 0 aliphatic carbocycles. The van der Waals surface area contributed by atoms with E-state index in [2.05, 4.69) is 43.2 Å². The number of hydrogen-bond acceptors (Lipinski definition) is 3. The Kier molecular flexibility index (Phi) is 9.11. The van der Waals surface area contributed by atoms with Crippen LogP contribution in [0.25, 0.3) is 0 Å². The number of rotatable bonds is 11. The van der Waals surface area contributed by atoms with Gasteiger partial charge < -0.3 is 15.0 Å². The lowest BCUT2D eigenvalue weighted by atomic mass is 10.1. The molecule has 1 unspecified atom stereocenters. The molecule has 1 N–H and O–H groups in total. The topological polar surface area (TPSA) is 24.5 Å². The molecule has 0 amide bonds. The highest BCUT2D eigenvalue weighted by Crippen LogP contribution is 2.19. The summed E-state index contributed by atoms with van der Waals surface area (Å²) in [5.41, 5.74) is 1.29. The van der Waals surface area contributed by atoms with Crippen molar-refractivity contribution in [3.8, 4) is 5.75 Å². The zero-order valence-electron chi connectivity index (χ0n) is 14.2. The molecule has 0 radical (unpaired) electrons. The van der Waals surface area contributed by atoms with Crippen LogP contribution in [-0.2, 0) is 6.42 Å². The van der Waals surface area contributed by atoms with Crippen molar-refractivity contribution in [3.05, 3.63) is 29.8 Å². The van der Waals surface area contributed by atoms with E-state index >= 15 is 0 Å². The van der Waals surface area contributed by atoms with Crippen LogP contribution < -0.4 is 10.1 Å². The van der Waals surface area contributed by atoms with Crippen LogP contribution >= 0.6 is 0 Å². The normalized spacial score (nSPS) is 12.6. The predicted octanol–water partition coefficient (Wildman–Crippen LogP) is 3.34. The van der Waals surface area contributed by atoms with E-state index in [-0.39, 0.29) is 0 Å². The lowest BCUT2D eigenvalue weighted by Gasteiger charge is -2.25. The molecule has 0 aromatic heterocycles. The van der Waals surface area contributed by atoms with Gasteiger partial charge in [-0.2, -0.15) is 0 Å². The molecule has 0 saturated heterocycles. The van der Waals surface area contributed by atoms with E-state index in [9.17, 15) is 0 Å². The fraction of sp³-hybridized carbons (Fsp3) is 0.667.